The molecule has 3 heterocycles. The maximum Gasteiger partial charge on any atom is 0.270 e. The molecule has 3 aromatic rings. The van der Waals surface area contributed by atoms with E-state index in [1.165, 1.54) is 0 Å². The van der Waals surface area contributed by atoms with Crippen LogP contribution in [0, 0.1) is 17.3 Å². The van der Waals surface area contributed by atoms with E-state index in [0.29, 0.717) is 22.6 Å². The van der Waals surface area contributed by atoms with E-state index < -0.39 is 29.3 Å². The lowest BCUT2D eigenvalue weighted by Gasteiger charge is -2.36. The SMILES string of the molecule is CC(C)n1nccc1C(=O)N[C@H](c1cn2ncc([C@H](NC(=O)CC3CC(F)(F)C3)C(C)(C)C)cc2n1)C1CCC(F)(F)CC1. The highest BCUT2D eigenvalue weighted by Crippen LogP contribution is 2.44. The second-order valence-corrected chi connectivity index (χ2v) is 13.9. The first-order valence-electron chi connectivity index (χ1n) is 15.3. The Morgan fingerprint density at radius 1 is 1.05 bits per heavy atom. The number of fused-ring (bicyclic) bond motifs is 1. The Morgan fingerprint density at radius 2 is 1.73 bits per heavy atom. The van der Waals surface area contributed by atoms with E-state index in [4.69, 9.17) is 4.98 Å². The summed E-state index contributed by atoms with van der Waals surface area (Å²) < 4.78 is 57.9. The van der Waals surface area contributed by atoms with Gasteiger partial charge >= 0.3 is 0 Å². The van der Waals surface area contributed by atoms with Crippen LogP contribution in [0.1, 0.15) is 119 Å². The van der Waals surface area contributed by atoms with Gasteiger partial charge in [-0.25, -0.2) is 27.1 Å². The number of carbonyl (C=O) groups excluding carboxylic acids is 2. The van der Waals surface area contributed by atoms with Crippen molar-refractivity contribution in [1.82, 2.24) is 35.0 Å². The second kappa shape index (κ2) is 11.8. The van der Waals surface area contributed by atoms with Gasteiger partial charge in [-0.15, -0.1) is 0 Å². The Hall–Kier alpha value is -3.51. The fourth-order valence-corrected chi connectivity index (χ4v) is 6.38. The highest BCUT2D eigenvalue weighted by atomic mass is 19.3. The third-order valence-electron chi connectivity index (χ3n) is 8.74. The summed E-state index contributed by atoms with van der Waals surface area (Å²) in [5.74, 6) is -6.70. The molecule has 3 aromatic heterocycles. The minimum absolute atomic E-state index is 0.0306. The summed E-state index contributed by atoms with van der Waals surface area (Å²) in [5, 5.41) is 14.8. The highest BCUT2D eigenvalue weighted by molar-refractivity contribution is 5.92. The molecule has 2 N–H and O–H groups in total. The molecule has 0 aromatic carbocycles. The lowest BCUT2D eigenvalue weighted by atomic mass is 9.78. The summed E-state index contributed by atoms with van der Waals surface area (Å²) >= 11 is 0. The molecule has 2 atom stereocenters. The number of alkyl halides is 4. The summed E-state index contributed by atoms with van der Waals surface area (Å²) in [5.41, 5.74) is 1.58. The van der Waals surface area contributed by atoms with Crippen molar-refractivity contribution in [2.24, 2.45) is 17.3 Å². The van der Waals surface area contributed by atoms with E-state index >= 15 is 0 Å². The largest absolute Gasteiger partial charge is 0.349 e. The van der Waals surface area contributed by atoms with Crippen LogP contribution in [-0.4, -0.2) is 48.0 Å². The van der Waals surface area contributed by atoms with Gasteiger partial charge in [-0.1, -0.05) is 20.8 Å². The summed E-state index contributed by atoms with van der Waals surface area (Å²) in [6, 6.07) is 2.25. The van der Waals surface area contributed by atoms with Crippen LogP contribution >= 0.6 is 0 Å². The molecule has 2 aliphatic rings. The maximum absolute atomic E-state index is 14.1. The molecule has 0 spiro atoms. The van der Waals surface area contributed by atoms with E-state index in [9.17, 15) is 27.2 Å². The first kappa shape index (κ1) is 31.9. The zero-order valence-electron chi connectivity index (χ0n) is 25.8. The van der Waals surface area contributed by atoms with Gasteiger partial charge < -0.3 is 10.6 Å². The molecule has 2 saturated carbocycles. The van der Waals surface area contributed by atoms with Crippen LogP contribution < -0.4 is 10.6 Å². The molecule has 0 aliphatic heterocycles. The molecule has 44 heavy (non-hydrogen) atoms. The molecule has 0 bridgehead atoms. The highest BCUT2D eigenvalue weighted by Gasteiger charge is 2.46. The number of nitrogens with zero attached hydrogens (tertiary/aromatic N) is 5. The Morgan fingerprint density at radius 3 is 2.34 bits per heavy atom. The Labute approximate surface area is 254 Å². The smallest absolute Gasteiger partial charge is 0.270 e. The van der Waals surface area contributed by atoms with Crippen molar-refractivity contribution in [3.05, 3.63) is 47.7 Å². The average Bonchev–Trinajstić information content (AvgIpc) is 3.56. The van der Waals surface area contributed by atoms with Crippen molar-refractivity contribution in [2.45, 2.75) is 110 Å². The molecule has 240 valence electrons. The fraction of sp³-hybridized carbons (Fsp3) is 0.645. The summed E-state index contributed by atoms with van der Waals surface area (Å²) in [6.07, 6.45) is 4.25. The molecular formula is C31H41F4N7O2. The second-order valence-electron chi connectivity index (χ2n) is 13.9. The van der Waals surface area contributed by atoms with Crippen molar-refractivity contribution < 1.29 is 27.2 Å². The number of rotatable bonds is 9. The van der Waals surface area contributed by atoms with Gasteiger partial charge in [-0.05, 0) is 61.6 Å². The standard InChI is InChI=1S/C31H41F4N7O2/c1-18(2)42-23(8-11-36-42)28(44)40-26(20-6-9-30(32,33)10-7-20)22-17-41-24(38-22)13-21(16-37-41)27(29(3,4)5)39-25(43)12-19-14-31(34,35)15-19/h8,11,13,16-20,26-27H,6-7,9-10,12,14-15H2,1-5H3,(H,39,43)(H,40,44)/t26-,27-/m0/s1. The number of carbonyl (C=O) groups is 2. The number of amides is 2. The van der Waals surface area contributed by atoms with Crippen molar-refractivity contribution in [1.29, 1.82) is 0 Å². The van der Waals surface area contributed by atoms with Crippen LogP contribution in [0.15, 0.2) is 30.7 Å². The molecule has 0 saturated heterocycles. The van der Waals surface area contributed by atoms with Gasteiger partial charge in [0.1, 0.15) is 5.69 Å². The molecular weight excluding hydrogens is 578 g/mol. The normalized spacial score (nSPS) is 20.3. The number of hydrogen-bond acceptors (Lipinski definition) is 5. The van der Waals surface area contributed by atoms with Gasteiger partial charge in [0, 0.05) is 44.3 Å². The Bertz CT molecular complexity index is 1490. The molecule has 0 unspecified atom stereocenters. The van der Waals surface area contributed by atoms with Crippen LogP contribution in [0.4, 0.5) is 17.6 Å². The summed E-state index contributed by atoms with van der Waals surface area (Å²) in [6.45, 7) is 9.71. The van der Waals surface area contributed by atoms with Crippen molar-refractivity contribution in [3.8, 4) is 0 Å². The van der Waals surface area contributed by atoms with Crippen LogP contribution in [-0.2, 0) is 4.79 Å². The zero-order chi connectivity index (χ0) is 32.0. The van der Waals surface area contributed by atoms with E-state index in [1.54, 1.807) is 39.9 Å². The lowest BCUT2D eigenvalue weighted by molar-refractivity contribution is -0.134. The average molecular weight is 620 g/mol. The number of aromatic nitrogens is 5. The van der Waals surface area contributed by atoms with Gasteiger partial charge in [0.15, 0.2) is 5.65 Å². The third kappa shape index (κ3) is 7.07. The van der Waals surface area contributed by atoms with Crippen LogP contribution in [0.2, 0.25) is 0 Å². The topological polar surface area (TPSA) is 106 Å². The third-order valence-corrected chi connectivity index (χ3v) is 8.74. The van der Waals surface area contributed by atoms with Crippen LogP contribution in [0.5, 0.6) is 0 Å². The maximum atomic E-state index is 14.1. The molecule has 13 heteroatoms. The fourth-order valence-electron chi connectivity index (χ4n) is 6.38. The number of halogens is 4. The van der Waals surface area contributed by atoms with Gasteiger partial charge in [0.2, 0.25) is 17.8 Å². The van der Waals surface area contributed by atoms with Crippen molar-refractivity contribution in [3.63, 3.8) is 0 Å². The number of hydrogen-bond donors (Lipinski definition) is 2. The summed E-state index contributed by atoms with van der Waals surface area (Å²) in [7, 11) is 0. The molecule has 2 aliphatic carbocycles. The zero-order valence-corrected chi connectivity index (χ0v) is 25.8. The molecule has 2 amide bonds. The van der Waals surface area contributed by atoms with Crippen molar-refractivity contribution in [2.75, 3.05) is 0 Å². The molecule has 5 rings (SSSR count). The minimum atomic E-state index is -2.73. The number of imidazole rings is 1. The van der Waals surface area contributed by atoms with Gasteiger partial charge in [-0.2, -0.15) is 10.2 Å². The van der Waals surface area contributed by atoms with Crippen LogP contribution in [0.25, 0.3) is 5.65 Å². The minimum Gasteiger partial charge on any atom is -0.349 e. The monoisotopic (exact) mass is 619 g/mol. The first-order valence-corrected chi connectivity index (χ1v) is 15.3. The summed E-state index contributed by atoms with van der Waals surface area (Å²) in [4.78, 5) is 31.1. The quantitative estimate of drug-likeness (QED) is 0.268. The van der Waals surface area contributed by atoms with Crippen molar-refractivity contribution >= 4 is 17.5 Å². The Balaban J connectivity index is 1.41. The van der Waals surface area contributed by atoms with Gasteiger partial charge in [-0.3, -0.25) is 14.3 Å². The van der Waals surface area contributed by atoms with E-state index in [1.807, 2.05) is 34.6 Å². The number of nitrogens with one attached hydrogen (secondary N) is 2. The molecule has 0 radical (unpaired) electrons. The van der Waals surface area contributed by atoms with E-state index in [0.717, 1.165) is 0 Å². The predicted octanol–water partition coefficient (Wildman–Crippen LogP) is 6.44. The lowest BCUT2D eigenvalue weighted by Crippen LogP contribution is -2.41. The molecule has 9 nitrogen and oxygen atoms in total. The molecule has 2 fully saturated rings. The van der Waals surface area contributed by atoms with Gasteiger partial charge in [0.05, 0.1) is 30.2 Å². The Kier molecular flexibility index (Phi) is 8.54. The predicted molar refractivity (Wildman–Crippen MR) is 155 cm³/mol. The van der Waals surface area contributed by atoms with E-state index in [2.05, 4.69) is 20.8 Å². The van der Waals surface area contributed by atoms with Crippen LogP contribution in [0.3, 0.4) is 0 Å². The first-order chi connectivity index (χ1) is 20.5. The van der Waals surface area contributed by atoms with Gasteiger partial charge in [0.25, 0.3) is 5.91 Å². The van der Waals surface area contributed by atoms with E-state index in [-0.39, 0.29) is 74.6 Å².